The first kappa shape index (κ1) is 31.0. The lowest BCUT2D eigenvalue weighted by Gasteiger charge is -2.22. The number of hydrogen-bond donors (Lipinski definition) is 0. The maximum absolute atomic E-state index is 14.1. The van der Waals surface area contributed by atoms with Crippen LogP contribution in [-0.2, 0) is 33.7 Å². The number of ether oxygens (including phenoxy) is 1. The zero-order valence-electron chi connectivity index (χ0n) is 23.9. The summed E-state index contributed by atoms with van der Waals surface area (Å²) in [5.74, 6) is -0.844. The Labute approximate surface area is 237 Å². The lowest BCUT2D eigenvalue weighted by molar-refractivity contribution is -0.160. The molecular weight excluding hydrogens is 509 g/mol. The molecule has 0 atom stereocenters. The van der Waals surface area contributed by atoms with E-state index in [0.717, 1.165) is 24.0 Å². The molecule has 0 radical (unpaired) electrons. The van der Waals surface area contributed by atoms with Gasteiger partial charge in [-0.15, -0.1) is 0 Å². The van der Waals surface area contributed by atoms with Crippen molar-refractivity contribution >= 4 is 11.9 Å². The lowest BCUT2D eigenvalue weighted by Crippen LogP contribution is -2.38. The van der Waals surface area contributed by atoms with Crippen LogP contribution >= 0.6 is 0 Å². The molecule has 0 N–H and O–H groups in total. The average molecular weight is 552 g/mol. The fourth-order valence-electron chi connectivity index (χ4n) is 4.57. The van der Waals surface area contributed by atoms with E-state index < -0.39 is 11.9 Å². The summed E-state index contributed by atoms with van der Waals surface area (Å²) in [6.45, 7) is 4.34. The predicted molar refractivity (Wildman–Crippen MR) is 153 cm³/mol. The zero-order chi connectivity index (χ0) is 28.6. The number of aromatic nitrogens is 2. The van der Waals surface area contributed by atoms with Gasteiger partial charge in [-0.05, 0) is 49.1 Å². The Kier molecular flexibility index (Phi) is 13.3. The Morgan fingerprint density at radius 1 is 0.875 bits per heavy atom. The molecule has 0 unspecified atom stereocenters. The highest BCUT2D eigenvalue weighted by molar-refractivity contribution is 6.32. The maximum atomic E-state index is 14.1. The highest BCUT2D eigenvalue weighted by Gasteiger charge is 2.23. The first-order chi connectivity index (χ1) is 19.5. The number of carbonyl (C=O) groups is 2. The molecule has 40 heavy (non-hydrogen) atoms. The van der Waals surface area contributed by atoms with Crippen LogP contribution in [0.25, 0.3) is 11.5 Å². The summed E-state index contributed by atoms with van der Waals surface area (Å²) in [6, 6.07) is 13.8. The molecule has 0 bridgehead atoms. The number of amides is 1. The van der Waals surface area contributed by atoms with Gasteiger partial charge in [-0.25, -0.2) is 9.18 Å². The van der Waals surface area contributed by atoms with E-state index in [9.17, 15) is 14.0 Å². The summed E-state index contributed by atoms with van der Waals surface area (Å²) < 4.78 is 24.5. The summed E-state index contributed by atoms with van der Waals surface area (Å²) in [4.78, 5) is 30.8. The third-order valence-corrected chi connectivity index (χ3v) is 6.89. The molecule has 0 aliphatic heterocycles. The Balaban J connectivity index is 1.52. The number of benzene rings is 2. The molecule has 3 rings (SSSR count). The highest BCUT2D eigenvalue weighted by Crippen LogP contribution is 2.20. The summed E-state index contributed by atoms with van der Waals surface area (Å²) in [7, 11) is 0. The smallest absolute Gasteiger partial charge is 0.397 e. The first-order valence-electron chi connectivity index (χ1n) is 14.6. The van der Waals surface area contributed by atoms with E-state index in [-0.39, 0.29) is 31.9 Å². The van der Waals surface area contributed by atoms with E-state index in [0.29, 0.717) is 17.3 Å². The Morgan fingerprint density at radius 3 is 2.23 bits per heavy atom. The average Bonchev–Trinajstić information content (AvgIpc) is 3.44. The van der Waals surface area contributed by atoms with E-state index in [1.807, 2.05) is 24.3 Å². The van der Waals surface area contributed by atoms with Gasteiger partial charge in [-0.2, -0.15) is 4.98 Å². The SMILES string of the molecule is CCCCCCCCCCCc1noc(-c2ccc(CN(CCc3ccccc3F)C(=O)C(=O)OCC)cc2)n1. The molecule has 0 aliphatic carbocycles. The van der Waals surface area contributed by atoms with Gasteiger partial charge in [0, 0.05) is 25.1 Å². The molecule has 1 amide bonds. The fraction of sp³-hybridized carbons (Fsp3) is 0.500. The molecule has 0 spiro atoms. The number of rotatable bonds is 17. The molecule has 2 aromatic carbocycles. The number of unbranched alkanes of at least 4 members (excludes halogenated alkanes) is 8. The number of nitrogens with zero attached hydrogens (tertiary/aromatic N) is 3. The Morgan fingerprint density at radius 2 is 1.55 bits per heavy atom. The summed E-state index contributed by atoms with van der Waals surface area (Å²) in [5, 5.41) is 4.13. The maximum Gasteiger partial charge on any atom is 0.397 e. The third kappa shape index (κ3) is 10.2. The normalized spacial score (nSPS) is 11.0. The van der Waals surface area contributed by atoms with Crippen molar-refractivity contribution in [2.45, 2.75) is 91.0 Å². The lowest BCUT2D eigenvalue weighted by atomic mass is 10.1. The van der Waals surface area contributed by atoms with Crippen LogP contribution in [0.2, 0.25) is 0 Å². The van der Waals surface area contributed by atoms with E-state index in [1.54, 1.807) is 25.1 Å². The van der Waals surface area contributed by atoms with Crippen LogP contribution in [0, 0.1) is 5.82 Å². The van der Waals surface area contributed by atoms with Gasteiger partial charge in [0.2, 0.25) is 0 Å². The number of aryl methyl sites for hydroxylation is 1. The topological polar surface area (TPSA) is 85.5 Å². The van der Waals surface area contributed by atoms with Crippen LogP contribution in [0.15, 0.2) is 53.1 Å². The minimum Gasteiger partial charge on any atom is -0.459 e. The molecule has 1 heterocycles. The summed E-state index contributed by atoms with van der Waals surface area (Å²) in [6.07, 6.45) is 12.5. The van der Waals surface area contributed by atoms with Crippen LogP contribution in [-0.4, -0.2) is 40.1 Å². The number of carbonyl (C=O) groups excluding carboxylic acids is 2. The van der Waals surface area contributed by atoms with Crippen molar-refractivity contribution in [3.8, 4) is 11.5 Å². The van der Waals surface area contributed by atoms with Gasteiger partial charge < -0.3 is 14.2 Å². The van der Waals surface area contributed by atoms with Gasteiger partial charge in [0.05, 0.1) is 6.61 Å². The Bertz CT molecular complexity index is 1180. The molecular formula is C32H42FN3O4. The van der Waals surface area contributed by atoms with Crippen molar-refractivity contribution in [2.24, 2.45) is 0 Å². The molecule has 1 aromatic heterocycles. The van der Waals surface area contributed by atoms with Crippen LogP contribution in [0.1, 0.15) is 88.6 Å². The standard InChI is InChI=1S/C32H42FN3O4/c1-3-5-6-7-8-9-10-11-12-17-29-34-30(40-35-29)27-20-18-25(19-21-27)24-36(31(37)32(38)39-4-2)23-22-26-15-13-14-16-28(26)33/h13-16,18-21H,3-12,17,22-24H2,1-2H3. The molecule has 0 saturated heterocycles. The minimum atomic E-state index is -0.919. The molecule has 216 valence electrons. The van der Waals surface area contributed by atoms with Crippen LogP contribution in [0.3, 0.4) is 0 Å². The van der Waals surface area contributed by atoms with Crippen molar-refractivity contribution < 1.29 is 23.2 Å². The van der Waals surface area contributed by atoms with Gasteiger partial charge in [-0.3, -0.25) is 4.79 Å². The van der Waals surface area contributed by atoms with Crippen molar-refractivity contribution in [3.63, 3.8) is 0 Å². The van der Waals surface area contributed by atoms with Crippen molar-refractivity contribution in [3.05, 3.63) is 71.3 Å². The van der Waals surface area contributed by atoms with Gasteiger partial charge in [-0.1, -0.05) is 93.8 Å². The third-order valence-electron chi connectivity index (χ3n) is 6.89. The minimum absolute atomic E-state index is 0.103. The molecule has 0 fully saturated rings. The van der Waals surface area contributed by atoms with Crippen LogP contribution in [0.5, 0.6) is 0 Å². The summed E-state index contributed by atoms with van der Waals surface area (Å²) >= 11 is 0. The second-order valence-corrected chi connectivity index (χ2v) is 10.1. The van der Waals surface area contributed by atoms with Crippen molar-refractivity contribution in [1.29, 1.82) is 0 Å². The van der Waals surface area contributed by atoms with E-state index >= 15 is 0 Å². The largest absolute Gasteiger partial charge is 0.459 e. The fourth-order valence-corrected chi connectivity index (χ4v) is 4.57. The Hall–Kier alpha value is -3.55. The van der Waals surface area contributed by atoms with E-state index in [2.05, 4.69) is 17.1 Å². The predicted octanol–water partition coefficient (Wildman–Crippen LogP) is 7.08. The molecule has 0 saturated carbocycles. The second kappa shape index (κ2) is 17.2. The van der Waals surface area contributed by atoms with Crippen LogP contribution in [0.4, 0.5) is 4.39 Å². The molecule has 3 aromatic rings. The van der Waals surface area contributed by atoms with Crippen LogP contribution < -0.4 is 0 Å². The van der Waals surface area contributed by atoms with E-state index in [1.165, 1.54) is 62.3 Å². The highest BCUT2D eigenvalue weighted by atomic mass is 19.1. The molecule has 0 aliphatic rings. The monoisotopic (exact) mass is 551 g/mol. The summed E-state index contributed by atoms with van der Waals surface area (Å²) in [5.41, 5.74) is 2.07. The van der Waals surface area contributed by atoms with Gasteiger partial charge >= 0.3 is 11.9 Å². The second-order valence-electron chi connectivity index (χ2n) is 10.1. The number of esters is 1. The number of hydrogen-bond acceptors (Lipinski definition) is 6. The van der Waals surface area contributed by atoms with Crippen molar-refractivity contribution in [2.75, 3.05) is 13.2 Å². The van der Waals surface area contributed by atoms with Crippen molar-refractivity contribution in [1.82, 2.24) is 15.0 Å². The van der Waals surface area contributed by atoms with Gasteiger partial charge in [0.15, 0.2) is 5.82 Å². The first-order valence-corrected chi connectivity index (χ1v) is 14.6. The van der Waals surface area contributed by atoms with E-state index in [4.69, 9.17) is 9.26 Å². The van der Waals surface area contributed by atoms with Gasteiger partial charge in [0.25, 0.3) is 5.89 Å². The quantitative estimate of drug-likeness (QED) is 0.101. The molecule has 7 nitrogen and oxygen atoms in total. The molecule has 8 heteroatoms. The number of halogens is 1. The zero-order valence-corrected chi connectivity index (χ0v) is 23.9. The van der Waals surface area contributed by atoms with Gasteiger partial charge in [0.1, 0.15) is 5.82 Å².